The van der Waals surface area contributed by atoms with Crippen LogP contribution < -0.4 is 9.46 Å². The van der Waals surface area contributed by atoms with Crippen LogP contribution in [0.3, 0.4) is 0 Å². The fourth-order valence-corrected chi connectivity index (χ4v) is 2.14. The third-order valence-corrected chi connectivity index (χ3v) is 3.18. The van der Waals surface area contributed by atoms with Gasteiger partial charge in [-0.25, -0.2) is 26.9 Å². The average Bonchev–Trinajstić information content (AvgIpc) is 2.40. The fraction of sp³-hybridized carbons (Fsp3) is 0.143. The molecule has 0 spiro atoms. The zero-order valence-electron chi connectivity index (χ0n) is 12.1. The summed E-state index contributed by atoms with van der Waals surface area (Å²) in [6, 6.07) is 5.98. The van der Waals surface area contributed by atoms with Gasteiger partial charge in [-0.3, -0.25) is 4.79 Å². The molecule has 6 nitrogen and oxygen atoms in total. The summed E-state index contributed by atoms with van der Waals surface area (Å²) in [5.74, 6) is -3.86. The van der Waals surface area contributed by atoms with Crippen molar-refractivity contribution in [2.45, 2.75) is 6.92 Å². The molecule has 1 N–H and O–H groups in total. The molecule has 1 amide bonds. The number of benzene rings is 1. The molecule has 0 aliphatic heterocycles. The van der Waals surface area contributed by atoms with Crippen LogP contribution in [-0.2, 0) is 10.0 Å². The van der Waals surface area contributed by atoms with E-state index in [-0.39, 0.29) is 5.88 Å². The smallest absolute Gasteiger partial charge is 0.267 e. The highest BCUT2D eigenvalue weighted by molar-refractivity contribution is 7.89. The highest BCUT2D eigenvalue weighted by atomic mass is 32.2. The van der Waals surface area contributed by atoms with Crippen molar-refractivity contribution in [3.63, 3.8) is 0 Å². The average molecular weight is 342 g/mol. The van der Waals surface area contributed by atoms with Crippen LogP contribution in [0.25, 0.3) is 0 Å². The molecule has 2 rings (SSSR count). The highest BCUT2D eigenvalue weighted by Crippen LogP contribution is 2.26. The van der Waals surface area contributed by atoms with Gasteiger partial charge in [-0.1, -0.05) is 6.07 Å². The summed E-state index contributed by atoms with van der Waals surface area (Å²) in [5, 5.41) is 0. The Kier molecular flexibility index (Phi) is 4.60. The van der Waals surface area contributed by atoms with E-state index in [1.54, 1.807) is 23.8 Å². The van der Waals surface area contributed by atoms with E-state index in [0.29, 0.717) is 17.8 Å². The van der Waals surface area contributed by atoms with Crippen molar-refractivity contribution in [3.8, 4) is 11.6 Å². The summed E-state index contributed by atoms with van der Waals surface area (Å²) in [7, 11) is -3.89. The van der Waals surface area contributed by atoms with Gasteiger partial charge in [0.2, 0.25) is 15.9 Å². The second-order valence-corrected chi connectivity index (χ2v) is 6.43. The van der Waals surface area contributed by atoms with Crippen LogP contribution in [-0.4, -0.2) is 25.6 Å². The lowest BCUT2D eigenvalue weighted by Gasteiger charge is -2.09. The number of carbonyl (C=O) groups is 1. The molecule has 0 saturated heterocycles. The molecule has 122 valence electrons. The summed E-state index contributed by atoms with van der Waals surface area (Å²) in [6.45, 7) is 1.70. The number of hydrogen-bond donors (Lipinski definition) is 1. The quantitative estimate of drug-likeness (QED) is 0.920. The normalized spacial score (nSPS) is 11.1. The van der Waals surface area contributed by atoms with E-state index in [1.807, 2.05) is 0 Å². The van der Waals surface area contributed by atoms with Crippen LogP contribution >= 0.6 is 0 Å². The molecule has 0 unspecified atom stereocenters. The van der Waals surface area contributed by atoms with Gasteiger partial charge in [-0.05, 0) is 19.1 Å². The first-order valence-corrected chi connectivity index (χ1v) is 8.17. The second kappa shape index (κ2) is 6.29. The zero-order valence-corrected chi connectivity index (χ0v) is 12.9. The van der Waals surface area contributed by atoms with Crippen LogP contribution in [0.15, 0.2) is 30.3 Å². The lowest BCUT2D eigenvalue weighted by Crippen LogP contribution is -2.30. The maximum absolute atomic E-state index is 14.0. The summed E-state index contributed by atoms with van der Waals surface area (Å²) in [4.78, 5) is 15.6. The first-order chi connectivity index (χ1) is 10.7. The van der Waals surface area contributed by atoms with Crippen LogP contribution in [0.1, 0.15) is 16.1 Å². The largest absolute Gasteiger partial charge is 0.436 e. The Morgan fingerprint density at radius 1 is 1.22 bits per heavy atom. The molecule has 0 radical (unpaired) electrons. The molecule has 23 heavy (non-hydrogen) atoms. The molecule has 1 aromatic carbocycles. The molecule has 1 aromatic heterocycles. The Labute approximate surface area is 131 Å². The summed E-state index contributed by atoms with van der Waals surface area (Å²) < 4.78 is 56.5. The van der Waals surface area contributed by atoms with Crippen LogP contribution in [0.5, 0.6) is 11.6 Å². The van der Waals surface area contributed by atoms with Crippen molar-refractivity contribution >= 4 is 15.9 Å². The van der Waals surface area contributed by atoms with Gasteiger partial charge in [0, 0.05) is 17.8 Å². The number of carbonyl (C=O) groups excluding carboxylic acids is 1. The van der Waals surface area contributed by atoms with E-state index in [4.69, 9.17) is 4.74 Å². The topological polar surface area (TPSA) is 85.4 Å². The van der Waals surface area contributed by atoms with Crippen molar-refractivity contribution in [1.82, 2.24) is 9.71 Å². The minimum Gasteiger partial charge on any atom is -0.436 e. The molecule has 0 fully saturated rings. The number of nitrogens with zero attached hydrogens (tertiary/aromatic N) is 1. The van der Waals surface area contributed by atoms with Crippen LogP contribution in [0.4, 0.5) is 8.78 Å². The van der Waals surface area contributed by atoms with Crippen LogP contribution in [0, 0.1) is 18.6 Å². The van der Waals surface area contributed by atoms with Gasteiger partial charge in [0.05, 0.1) is 11.8 Å². The number of rotatable bonds is 4. The number of ether oxygens (including phenoxy) is 1. The number of amides is 1. The third-order valence-electron chi connectivity index (χ3n) is 2.62. The first-order valence-electron chi connectivity index (χ1n) is 6.28. The second-order valence-electron chi connectivity index (χ2n) is 4.69. The van der Waals surface area contributed by atoms with E-state index in [9.17, 15) is 22.0 Å². The molecule has 0 bridgehead atoms. The van der Waals surface area contributed by atoms with Crippen molar-refractivity contribution in [2.24, 2.45) is 0 Å². The number of aryl methyl sites for hydroxylation is 1. The number of hydrogen-bond acceptors (Lipinski definition) is 5. The van der Waals surface area contributed by atoms with Gasteiger partial charge in [-0.2, -0.15) is 0 Å². The van der Waals surface area contributed by atoms with E-state index >= 15 is 0 Å². The number of pyridine rings is 1. The Hall–Kier alpha value is -2.55. The monoisotopic (exact) mass is 342 g/mol. The number of sulfonamides is 1. The van der Waals surface area contributed by atoms with Gasteiger partial charge >= 0.3 is 0 Å². The first kappa shape index (κ1) is 16.8. The van der Waals surface area contributed by atoms with E-state index in [1.165, 1.54) is 6.07 Å². The van der Waals surface area contributed by atoms with Gasteiger partial charge in [0.15, 0.2) is 11.6 Å². The standard InChI is InChI=1S/C14H12F2N2O4S/c1-8-4-3-5-13(17-8)22-12-7-10(15)9(6-11(12)16)14(19)18-23(2,20)21/h3-7H,1-2H3,(H,18,19). The van der Waals surface area contributed by atoms with E-state index < -0.39 is 38.9 Å². The molecular formula is C14H12F2N2O4S. The molecule has 0 saturated carbocycles. The Morgan fingerprint density at radius 3 is 2.52 bits per heavy atom. The molecule has 0 aliphatic rings. The fourth-order valence-electron chi connectivity index (χ4n) is 1.69. The summed E-state index contributed by atoms with van der Waals surface area (Å²) >= 11 is 0. The Morgan fingerprint density at radius 2 is 1.91 bits per heavy atom. The van der Waals surface area contributed by atoms with E-state index in [2.05, 4.69) is 4.98 Å². The molecular weight excluding hydrogens is 330 g/mol. The van der Waals surface area contributed by atoms with Gasteiger partial charge < -0.3 is 4.74 Å². The molecule has 2 aromatic rings. The Bertz CT molecular complexity index is 869. The van der Waals surface area contributed by atoms with Crippen molar-refractivity contribution in [1.29, 1.82) is 0 Å². The summed E-state index contributed by atoms with van der Waals surface area (Å²) in [5.41, 5.74) is -0.134. The Balaban J connectivity index is 2.32. The highest BCUT2D eigenvalue weighted by Gasteiger charge is 2.20. The van der Waals surface area contributed by atoms with Crippen LogP contribution in [0.2, 0.25) is 0 Å². The van der Waals surface area contributed by atoms with Gasteiger partial charge in [-0.15, -0.1) is 0 Å². The lowest BCUT2D eigenvalue weighted by atomic mass is 10.2. The SMILES string of the molecule is Cc1cccc(Oc2cc(F)c(C(=O)NS(C)(=O)=O)cc2F)n1. The lowest BCUT2D eigenvalue weighted by molar-refractivity contribution is 0.0977. The maximum atomic E-state index is 14.0. The van der Waals surface area contributed by atoms with Crippen molar-refractivity contribution in [3.05, 3.63) is 53.2 Å². The predicted molar refractivity (Wildman–Crippen MR) is 77.7 cm³/mol. The van der Waals surface area contributed by atoms with Crippen molar-refractivity contribution < 1.29 is 26.7 Å². The maximum Gasteiger partial charge on any atom is 0.267 e. The minimum absolute atomic E-state index is 0.0524. The number of nitrogens with one attached hydrogen (secondary N) is 1. The van der Waals surface area contributed by atoms with E-state index in [0.717, 1.165) is 6.26 Å². The third kappa shape index (κ3) is 4.46. The zero-order chi connectivity index (χ0) is 17.2. The summed E-state index contributed by atoms with van der Waals surface area (Å²) in [6.07, 6.45) is 0.722. The molecule has 9 heteroatoms. The van der Waals surface area contributed by atoms with Gasteiger partial charge in [0.1, 0.15) is 5.82 Å². The van der Waals surface area contributed by atoms with Crippen molar-refractivity contribution in [2.75, 3.05) is 6.26 Å². The number of halogens is 2. The van der Waals surface area contributed by atoms with Gasteiger partial charge in [0.25, 0.3) is 5.91 Å². The molecule has 0 aliphatic carbocycles. The predicted octanol–water partition coefficient (Wildman–Crippen LogP) is 2.15. The molecule has 1 heterocycles. The molecule has 0 atom stereocenters. The number of aromatic nitrogens is 1. The minimum atomic E-state index is -3.89.